The number of hydrogen-bond donors (Lipinski definition) is 1. The predicted molar refractivity (Wildman–Crippen MR) is 60.9 cm³/mol. The first-order chi connectivity index (χ1) is 7.13. The molecule has 1 N–H and O–H groups in total. The molecule has 1 aromatic rings. The van der Waals surface area contributed by atoms with Crippen molar-refractivity contribution in [1.82, 2.24) is 4.98 Å². The van der Waals surface area contributed by atoms with E-state index >= 15 is 0 Å². The van der Waals surface area contributed by atoms with E-state index in [0.29, 0.717) is 35.7 Å². The summed E-state index contributed by atoms with van der Waals surface area (Å²) in [6.45, 7) is 1.12. The Balaban J connectivity index is 2.39. The van der Waals surface area contributed by atoms with Gasteiger partial charge in [0.05, 0.1) is 10.6 Å². The van der Waals surface area contributed by atoms with Crippen LogP contribution in [0.1, 0.15) is 18.4 Å². The van der Waals surface area contributed by atoms with Crippen LogP contribution in [-0.4, -0.2) is 23.3 Å². The molecule has 2 heterocycles. The van der Waals surface area contributed by atoms with Crippen LogP contribution < -0.4 is 0 Å². The molecule has 1 aliphatic rings. The van der Waals surface area contributed by atoms with Gasteiger partial charge in [-0.2, -0.15) is 0 Å². The van der Waals surface area contributed by atoms with Gasteiger partial charge in [-0.1, -0.05) is 11.6 Å². The zero-order chi connectivity index (χ0) is 10.9. The first-order valence-corrected chi connectivity index (χ1v) is 5.91. The molecular weight excluding hydrogens is 281 g/mol. The van der Waals surface area contributed by atoms with Crippen LogP contribution in [0.3, 0.4) is 0 Å². The number of rotatable bonds is 1. The number of hydrogen-bond acceptors (Lipinski definition) is 3. The Labute approximate surface area is 102 Å². The Bertz CT molecular complexity index is 366. The van der Waals surface area contributed by atoms with Crippen LogP contribution in [0, 0.1) is 0 Å². The second kappa shape index (κ2) is 4.37. The molecule has 0 radical (unpaired) electrons. The Kier molecular flexibility index (Phi) is 3.30. The lowest BCUT2D eigenvalue weighted by molar-refractivity contribution is -0.0679. The van der Waals surface area contributed by atoms with E-state index in [1.165, 1.54) is 0 Å². The van der Waals surface area contributed by atoms with Crippen LogP contribution in [-0.2, 0) is 10.3 Å². The fourth-order valence-electron chi connectivity index (χ4n) is 1.76. The minimum absolute atomic E-state index is 0.488. The molecule has 2 rings (SSSR count). The summed E-state index contributed by atoms with van der Waals surface area (Å²) in [5.74, 6) is 0. The highest BCUT2D eigenvalue weighted by molar-refractivity contribution is 9.10. The van der Waals surface area contributed by atoms with E-state index in [4.69, 9.17) is 16.3 Å². The highest BCUT2D eigenvalue weighted by Crippen LogP contribution is 2.38. The summed E-state index contributed by atoms with van der Waals surface area (Å²) in [5.41, 5.74) is -0.143. The molecule has 15 heavy (non-hydrogen) atoms. The second-order valence-electron chi connectivity index (χ2n) is 3.61. The van der Waals surface area contributed by atoms with Crippen molar-refractivity contribution in [2.45, 2.75) is 18.4 Å². The summed E-state index contributed by atoms with van der Waals surface area (Å²) in [5, 5.41) is 10.9. The van der Waals surface area contributed by atoms with Gasteiger partial charge in [0.2, 0.25) is 0 Å². The number of ether oxygens (including phenoxy) is 1. The zero-order valence-electron chi connectivity index (χ0n) is 8.04. The van der Waals surface area contributed by atoms with Crippen molar-refractivity contribution in [3.05, 3.63) is 27.5 Å². The number of nitrogens with zero attached hydrogens (tertiary/aromatic N) is 1. The van der Waals surface area contributed by atoms with Gasteiger partial charge in [-0.15, -0.1) is 0 Å². The Hall–Kier alpha value is -0.160. The van der Waals surface area contributed by atoms with E-state index in [1.807, 2.05) is 0 Å². The van der Waals surface area contributed by atoms with Gasteiger partial charge < -0.3 is 9.84 Å². The first kappa shape index (κ1) is 11.3. The van der Waals surface area contributed by atoms with Crippen LogP contribution in [0.2, 0.25) is 5.02 Å². The van der Waals surface area contributed by atoms with Crippen molar-refractivity contribution < 1.29 is 9.84 Å². The van der Waals surface area contributed by atoms with Gasteiger partial charge in [0.25, 0.3) is 0 Å². The first-order valence-electron chi connectivity index (χ1n) is 4.74. The third-order valence-electron chi connectivity index (χ3n) is 2.67. The lowest BCUT2D eigenvalue weighted by atomic mass is 9.87. The molecule has 5 heteroatoms. The molecule has 0 aromatic carbocycles. The molecule has 3 nitrogen and oxygen atoms in total. The summed E-state index contributed by atoms with van der Waals surface area (Å²) < 4.78 is 5.80. The highest BCUT2D eigenvalue weighted by atomic mass is 79.9. The van der Waals surface area contributed by atoms with Gasteiger partial charge in [0.15, 0.2) is 0 Å². The Morgan fingerprint density at radius 1 is 1.47 bits per heavy atom. The fraction of sp³-hybridized carbons (Fsp3) is 0.500. The third kappa shape index (κ3) is 2.18. The Morgan fingerprint density at radius 2 is 2.13 bits per heavy atom. The smallest absolute Gasteiger partial charge is 0.125 e. The largest absolute Gasteiger partial charge is 0.385 e. The minimum Gasteiger partial charge on any atom is -0.385 e. The molecule has 1 fully saturated rings. The SMILES string of the molecule is OC1(c2ccnc(Br)c2Cl)CCOCC1. The van der Waals surface area contributed by atoms with Crippen molar-refractivity contribution in [1.29, 1.82) is 0 Å². The van der Waals surface area contributed by atoms with Crippen LogP contribution in [0.5, 0.6) is 0 Å². The third-order valence-corrected chi connectivity index (χ3v) is 3.88. The molecule has 82 valence electrons. The molecule has 0 bridgehead atoms. The van der Waals surface area contributed by atoms with Gasteiger partial charge in [-0.3, -0.25) is 0 Å². The minimum atomic E-state index is -0.874. The van der Waals surface area contributed by atoms with Crippen LogP contribution >= 0.6 is 27.5 Å². The summed E-state index contributed by atoms with van der Waals surface area (Å²) in [4.78, 5) is 4.01. The molecule has 0 aliphatic carbocycles. The fourth-order valence-corrected chi connectivity index (χ4v) is 2.38. The zero-order valence-corrected chi connectivity index (χ0v) is 10.4. The number of aliphatic hydroxyl groups is 1. The van der Waals surface area contributed by atoms with Crippen LogP contribution in [0.4, 0.5) is 0 Å². The van der Waals surface area contributed by atoms with Gasteiger partial charge >= 0.3 is 0 Å². The van der Waals surface area contributed by atoms with Gasteiger partial charge in [-0.05, 0) is 22.0 Å². The molecule has 0 saturated carbocycles. The standard InChI is InChI=1S/C10H11BrClNO2/c11-9-8(12)7(1-4-13-9)10(14)2-5-15-6-3-10/h1,4,14H,2-3,5-6H2. The van der Waals surface area contributed by atoms with E-state index < -0.39 is 5.60 Å². The average molecular weight is 293 g/mol. The maximum atomic E-state index is 10.4. The molecule has 1 saturated heterocycles. The molecule has 0 unspecified atom stereocenters. The number of aromatic nitrogens is 1. The molecule has 1 aromatic heterocycles. The normalized spacial score (nSPS) is 20.2. The molecular formula is C10H11BrClNO2. The maximum Gasteiger partial charge on any atom is 0.125 e. The van der Waals surface area contributed by atoms with E-state index in [1.54, 1.807) is 12.3 Å². The quantitative estimate of drug-likeness (QED) is 0.809. The topological polar surface area (TPSA) is 42.4 Å². The van der Waals surface area contributed by atoms with Gasteiger partial charge in [-0.25, -0.2) is 4.98 Å². The predicted octanol–water partition coefficient (Wildman–Crippen LogP) is 2.50. The maximum absolute atomic E-state index is 10.4. The molecule has 0 spiro atoms. The van der Waals surface area contributed by atoms with Crippen molar-refractivity contribution >= 4 is 27.5 Å². The summed E-state index contributed by atoms with van der Waals surface area (Å²) in [6.07, 6.45) is 2.78. The van der Waals surface area contributed by atoms with Crippen molar-refractivity contribution in [3.63, 3.8) is 0 Å². The van der Waals surface area contributed by atoms with Gasteiger partial charge in [0.1, 0.15) is 4.60 Å². The van der Waals surface area contributed by atoms with Crippen molar-refractivity contribution in [2.75, 3.05) is 13.2 Å². The Morgan fingerprint density at radius 3 is 2.80 bits per heavy atom. The summed E-state index contributed by atoms with van der Waals surface area (Å²) in [6, 6.07) is 1.76. The van der Waals surface area contributed by atoms with E-state index in [-0.39, 0.29) is 0 Å². The van der Waals surface area contributed by atoms with Gasteiger partial charge in [0, 0.05) is 37.8 Å². The second-order valence-corrected chi connectivity index (χ2v) is 4.74. The number of pyridine rings is 1. The van der Waals surface area contributed by atoms with Crippen molar-refractivity contribution in [2.24, 2.45) is 0 Å². The van der Waals surface area contributed by atoms with Crippen LogP contribution in [0.15, 0.2) is 16.9 Å². The lowest BCUT2D eigenvalue weighted by Crippen LogP contribution is -2.33. The van der Waals surface area contributed by atoms with Crippen LogP contribution in [0.25, 0.3) is 0 Å². The van der Waals surface area contributed by atoms with E-state index in [9.17, 15) is 5.11 Å². The molecule has 0 atom stereocenters. The van der Waals surface area contributed by atoms with E-state index in [2.05, 4.69) is 20.9 Å². The lowest BCUT2D eigenvalue weighted by Gasteiger charge is -2.33. The molecule has 0 amide bonds. The van der Waals surface area contributed by atoms with E-state index in [0.717, 1.165) is 5.56 Å². The average Bonchev–Trinajstić information content (AvgIpc) is 2.23. The highest BCUT2D eigenvalue weighted by Gasteiger charge is 2.34. The number of halogens is 2. The monoisotopic (exact) mass is 291 g/mol. The molecule has 1 aliphatic heterocycles. The summed E-state index contributed by atoms with van der Waals surface area (Å²) >= 11 is 9.36. The van der Waals surface area contributed by atoms with Crippen molar-refractivity contribution in [3.8, 4) is 0 Å². The summed E-state index contributed by atoms with van der Waals surface area (Å²) in [7, 11) is 0.